The molecule has 0 saturated carbocycles. The van der Waals surface area contributed by atoms with Crippen molar-refractivity contribution in [2.75, 3.05) is 6.61 Å². The molecule has 0 fully saturated rings. The van der Waals surface area contributed by atoms with Gasteiger partial charge in [-0.05, 0) is 39.9 Å². The van der Waals surface area contributed by atoms with E-state index in [4.69, 9.17) is 0 Å². The summed E-state index contributed by atoms with van der Waals surface area (Å²) >= 11 is 0. The summed E-state index contributed by atoms with van der Waals surface area (Å²) in [5, 5.41) is 15.7. The number of hydrogen-bond acceptors (Lipinski definition) is 2. The maximum atomic E-state index is 9.59. The molecule has 0 bridgehead atoms. The van der Waals surface area contributed by atoms with Crippen molar-refractivity contribution in [1.29, 1.82) is 0 Å². The van der Waals surface area contributed by atoms with Crippen molar-refractivity contribution >= 4 is 10.8 Å². The molecule has 110 valence electrons. The normalized spacial score (nSPS) is 20.8. The van der Waals surface area contributed by atoms with Gasteiger partial charge >= 0.3 is 0 Å². The molecule has 4 rings (SSSR count). The number of rotatable bonds is 2. The highest BCUT2D eigenvalue weighted by Crippen LogP contribution is 2.32. The molecule has 22 heavy (non-hydrogen) atoms. The van der Waals surface area contributed by atoms with E-state index in [0.717, 1.165) is 6.42 Å². The fourth-order valence-electron chi connectivity index (χ4n) is 3.43. The average molecular weight is 289 g/mol. The second-order valence-electron chi connectivity index (χ2n) is 5.99. The number of aliphatic hydroxyl groups is 1. The quantitative estimate of drug-likeness (QED) is 0.757. The summed E-state index contributed by atoms with van der Waals surface area (Å²) in [5.74, 6) is 0. The first-order valence-corrected chi connectivity index (χ1v) is 7.78. The molecule has 1 aliphatic rings. The number of nitrogens with one attached hydrogen (secondary N) is 1. The zero-order valence-corrected chi connectivity index (χ0v) is 12.4. The summed E-state index contributed by atoms with van der Waals surface area (Å²) in [6, 6.07) is 23.8. The van der Waals surface area contributed by atoms with Crippen LogP contribution in [0.1, 0.15) is 22.7 Å². The molecule has 0 radical (unpaired) electrons. The largest absolute Gasteiger partial charge is 0.395 e. The van der Waals surface area contributed by atoms with Gasteiger partial charge in [-0.15, -0.1) is 0 Å². The Morgan fingerprint density at radius 1 is 0.909 bits per heavy atom. The molecule has 0 amide bonds. The Bertz CT molecular complexity index is 811. The number of fused-ring (bicyclic) bond motifs is 2. The van der Waals surface area contributed by atoms with Crippen LogP contribution in [0.5, 0.6) is 0 Å². The third-order valence-corrected chi connectivity index (χ3v) is 4.56. The third-order valence-electron chi connectivity index (χ3n) is 4.56. The zero-order valence-electron chi connectivity index (χ0n) is 12.4. The average Bonchev–Trinajstić information content (AvgIpc) is 2.60. The van der Waals surface area contributed by atoms with Gasteiger partial charge in [0.2, 0.25) is 0 Å². The van der Waals surface area contributed by atoms with Crippen LogP contribution >= 0.6 is 0 Å². The first-order valence-electron chi connectivity index (χ1n) is 7.78. The monoisotopic (exact) mass is 289 g/mol. The minimum Gasteiger partial charge on any atom is -0.395 e. The fourth-order valence-corrected chi connectivity index (χ4v) is 3.43. The van der Waals surface area contributed by atoms with Gasteiger partial charge in [0.25, 0.3) is 0 Å². The van der Waals surface area contributed by atoms with Crippen molar-refractivity contribution in [2.24, 2.45) is 0 Å². The lowest BCUT2D eigenvalue weighted by molar-refractivity contribution is 0.229. The Morgan fingerprint density at radius 2 is 1.68 bits per heavy atom. The highest BCUT2D eigenvalue weighted by atomic mass is 16.3. The van der Waals surface area contributed by atoms with Crippen molar-refractivity contribution in [1.82, 2.24) is 5.32 Å². The van der Waals surface area contributed by atoms with Crippen LogP contribution in [0.2, 0.25) is 0 Å². The number of hydrogen-bond donors (Lipinski definition) is 2. The molecule has 0 aliphatic carbocycles. The van der Waals surface area contributed by atoms with Gasteiger partial charge in [-0.25, -0.2) is 0 Å². The molecule has 2 atom stereocenters. The molecule has 1 heterocycles. The van der Waals surface area contributed by atoms with E-state index in [0.29, 0.717) is 0 Å². The molecule has 0 spiro atoms. The van der Waals surface area contributed by atoms with Crippen molar-refractivity contribution in [2.45, 2.75) is 18.5 Å². The van der Waals surface area contributed by atoms with Crippen LogP contribution < -0.4 is 5.32 Å². The Hall–Kier alpha value is -2.16. The van der Waals surface area contributed by atoms with Gasteiger partial charge in [0.1, 0.15) is 0 Å². The van der Waals surface area contributed by atoms with Crippen LogP contribution in [-0.2, 0) is 6.42 Å². The van der Waals surface area contributed by atoms with Crippen LogP contribution in [-0.4, -0.2) is 17.8 Å². The van der Waals surface area contributed by atoms with Gasteiger partial charge in [-0.1, -0.05) is 60.7 Å². The summed E-state index contributed by atoms with van der Waals surface area (Å²) in [5.41, 5.74) is 3.91. The standard InChI is InChI=1S/C20H19NO/c22-13-18-12-16-7-3-4-8-19(16)20(21-18)17-10-9-14-5-1-2-6-15(14)11-17/h1-11,18,20-22H,12-13H2/t18-,20+/m0/s1. The van der Waals surface area contributed by atoms with Crippen molar-refractivity contribution in [3.63, 3.8) is 0 Å². The molecule has 0 aromatic heterocycles. The van der Waals surface area contributed by atoms with E-state index in [1.165, 1.54) is 27.5 Å². The zero-order chi connectivity index (χ0) is 14.9. The van der Waals surface area contributed by atoms with Crippen molar-refractivity contribution < 1.29 is 5.11 Å². The van der Waals surface area contributed by atoms with E-state index in [9.17, 15) is 5.11 Å². The van der Waals surface area contributed by atoms with Crippen LogP contribution in [0, 0.1) is 0 Å². The smallest absolute Gasteiger partial charge is 0.0588 e. The minimum atomic E-state index is 0.117. The first-order chi connectivity index (χ1) is 10.8. The summed E-state index contributed by atoms with van der Waals surface area (Å²) in [6.45, 7) is 0.165. The second kappa shape index (κ2) is 5.56. The van der Waals surface area contributed by atoms with Gasteiger partial charge < -0.3 is 10.4 Å². The highest BCUT2D eigenvalue weighted by Gasteiger charge is 2.26. The summed E-state index contributed by atoms with van der Waals surface area (Å²) in [7, 11) is 0. The lowest BCUT2D eigenvalue weighted by Gasteiger charge is -2.33. The van der Waals surface area contributed by atoms with Crippen molar-refractivity contribution in [3.05, 3.63) is 83.4 Å². The van der Waals surface area contributed by atoms with E-state index in [2.05, 4.69) is 72.0 Å². The van der Waals surface area contributed by atoms with Gasteiger partial charge in [0.15, 0.2) is 0 Å². The van der Waals surface area contributed by atoms with Crippen LogP contribution in [0.25, 0.3) is 10.8 Å². The van der Waals surface area contributed by atoms with Gasteiger partial charge in [-0.2, -0.15) is 0 Å². The summed E-state index contributed by atoms with van der Waals surface area (Å²) in [4.78, 5) is 0. The van der Waals surface area contributed by atoms with Gasteiger partial charge in [-0.3, -0.25) is 0 Å². The predicted octanol–water partition coefficient (Wildman–Crippen LogP) is 3.44. The lowest BCUT2D eigenvalue weighted by Crippen LogP contribution is -2.42. The Morgan fingerprint density at radius 3 is 2.55 bits per heavy atom. The van der Waals surface area contributed by atoms with Gasteiger partial charge in [0.05, 0.1) is 12.6 Å². The number of aliphatic hydroxyl groups excluding tert-OH is 1. The van der Waals surface area contributed by atoms with Crippen molar-refractivity contribution in [3.8, 4) is 0 Å². The Kier molecular flexibility index (Phi) is 3.41. The molecule has 3 aromatic carbocycles. The molecule has 2 nitrogen and oxygen atoms in total. The Balaban J connectivity index is 1.82. The molecular formula is C20H19NO. The molecule has 0 saturated heterocycles. The second-order valence-corrected chi connectivity index (χ2v) is 5.99. The van der Waals surface area contributed by atoms with E-state index >= 15 is 0 Å². The van der Waals surface area contributed by atoms with E-state index in [1.807, 2.05) is 0 Å². The first kappa shape index (κ1) is 13.5. The molecule has 0 unspecified atom stereocenters. The summed E-state index contributed by atoms with van der Waals surface area (Å²) in [6.07, 6.45) is 0.886. The highest BCUT2D eigenvalue weighted by molar-refractivity contribution is 5.83. The topological polar surface area (TPSA) is 32.3 Å². The fraction of sp³-hybridized carbons (Fsp3) is 0.200. The maximum Gasteiger partial charge on any atom is 0.0588 e. The maximum absolute atomic E-state index is 9.59. The van der Waals surface area contributed by atoms with E-state index < -0.39 is 0 Å². The Labute approximate surface area is 130 Å². The molecule has 2 N–H and O–H groups in total. The van der Waals surface area contributed by atoms with Crippen LogP contribution in [0.15, 0.2) is 66.7 Å². The molecule has 2 heteroatoms. The van der Waals surface area contributed by atoms with Crippen LogP contribution in [0.3, 0.4) is 0 Å². The third kappa shape index (κ3) is 2.31. The van der Waals surface area contributed by atoms with E-state index in [-0.39, 0.29) is 18.7 Å². The molecule has 1 aliphatic heterocycles. The SMILES string of the molecule is OC[C@@H]1Cc2ccccc2[C@@H](c2ccc3ccccc3c2)N1. The lowest BCUT2D eigenvalue weighted by atomic mass is 9.86. The van der Waals surface area contributed by atoms with Crippen LogP contribution in [0.4, 0.5) is 0 Å². The van der Waals surface area contributed by atoms with Gasteiger partial charge in [0, 0.05) is 6.04 Å². The molecular weight excluding hydrogens is 270 g/mol. The minimum absolute atomic E-state index is 0.117. The predicted molar refractivity (Wildman–Crippen MR) is 89.9 cm³/mol. The van der Waals surface area contributed by atoms with E-state index in [1.54, 1.807) is 0 Å². The molecule has 3 aromatic rings. The number of benzene rings is 3. The summed E-state index contributed by atoms with van der Waals surface area (Å²) < 4.78 is 0.